The predicted molar refractivity (Wildman–Crippen MR) is 67.3 cm³/mol. The van der Waals surface area contributed by atoms with Gasteiger partial charge in [0.15, 0.2) is 0 Å². The molecule has 0 atom stereocenters. The molecule has 2 N–H and O–H groups in total. The van der Waals surface area contributed by atoms with Gasteiger partial charge in [-0.05, 0) is 24.6 Å². The number of nitrogen functional groups attached to an aromatic ring is 1. The van der Waals surface area contributed by atoms with E-state index < -0.39 is 5.82 Å². The van der Waals surface area contributed by atoms with E-state index in [-0.39, 0.29) is 11.6 Å². The zero-order chi connectivity index (χ0) is 12.8. The van der Waals surface area contributed by atoms with Gasteiger partial charge in [0.2, 0.25) is 0 Å². The summed E-state index contributed by atoms with van der Waals surface area (Å²) >= 11 is 0. The van der Waals surface area contributed by atoms with E-state index in [1.54, 1.807) is 11.9 Å². The molecular weight excluding hydrogens is 219 g/mol. The van der Waals surface area contributed by atoms with Gasteiger partial charge >= 0.3 is 0 Å². The summed E-state index contributed by atoms with van der Waals surface area (Å²) in [4.78, 5) is 13.6. The lowest BCUT2D eigenvalue weighted by atomic mass is 10.1. The second-order valence-corrected chi connectivity index (χ2v) is 4.17. The van der Waals surface area contributed by atoms with Crippen LogP contribution in [0.15, 0.2) is 18.2 Å². The minimum Gasteiger partial charge on any atom is -0.398 e. The molecule has 0 aliphatic heterocycles. The molecule has 0 aliphatic rings. The number of carbonyl (C=O) groups excluding carboxylic acids is 1. The standard InChI is InChI=1S/C13H19FN2O/c1-3-4-5-8-16(2)13(17)11-7-6-10(14)9-12(11)15/h6-7,9H,3-5,8,15H2,1-2H3. The third kappa shape index (κ3) is 3.73. The maximum absolute atomic E-state index is 12.9. The van der Waals surface area contributed by atoms with E-state index in [0.29, 0.717) is 12.1 Å². The highest BCUT2D eigenvalue weighted by Crippen LogP contribution is 2.15. The van der Waals surface area contributed by atoms with Crippen LogP contribution < -0.4 is 5.73 Å². The highest BCUT2D eigenvalue weighted by molar-refractivity contribution is 5.98. The molecule has 1 amide bonds. The third-order valence-corrected chi connectivity index (χ3v) is 2.69. The molecule has 0 heterocycles. The summed E-state index contributed by atoms with van der Waals surface area (Å²) in [7, 11) is 1.74. The van der Waals surface area contributed by atoms with Crippen LogP contribution in [0.3, 0.4) is 0 Å². The van der Waals surface area contributed by atoms with Crippen molar-refractivity contribution in [3.05, 3.63) is 29.6 Å². The first-order chi connectivity index (χ1) is 8.06. The van der Waals surface area contributed by atoms with Gasteiger partial charge in [0.05, 0.1) is 5.56 Å². The van der Waals surface area contributed by atoms with Crippen LogP contribution in [0.4, 0.5) is 10.1 Å². The largest absolute Gasteiger partial charge is 0.398 e. The zero-order valence-electron chi connectivity index (χ0n) is 10.4. The Kier molecular flexibility index (Phi) is 4.94. The molecule has 1 aromatic rings. The quantitative estimate of drug-likeness (QED) is 0.633. The molecular formula is C13H19FN2O. The van der Waals surface area contributed by atoms with E-state index in [2.05, 4.69) is 6.92 Å². The molecule has 0 saturated heterocycles. The van der Waals surface area contributed by atoms with Gasteiger partial charge in [-0.2, -0.15) is 0 Å². The average Bonchev–Trinajstić information content (AvgIpc) is 2.28. The Morgan fingerprint density at radius 1 is 1.41 bits per heavy atom. The van der Waals surface area contributed by atoms with Crippen LogP contribution in [-0.2, 0) is 0 Å². The summed E-state index contributed by atoms with van der Waals surface area (Å²) in [5, 5.41) is 0. The lowest BCUT2D eigenvalue weighted by Gasteiger charge is -2.18. The first-order valence-corrected chi connectivity index (χ1v) is 5.86. The third-order valence-electron chi connectivity index (χ3n) is 2.69. The van der Waals surface area contributed by atoms with E-state index in [1.807, 2.05) is 0 Å². The van der Waals surface area contributed by atoms with Crippen LogP contribution in [0.2, 0.25) is 0 Å². The van der Waals surface area contributed by atoms with E-state index in [1.165, 1.54) is 18.2 Å². The number of nitrogens with zero attached hydrogens (tertiary/aromatic N) is 1. The molecule has 0 spiro atoms. The van der Waals surface area contributed by atoms with Crippen LogP contribution in [0.25, 0.3) is 0 Å². The highest BCUT2D eigenvalue weighted by Gasteiger charge is 2.14. The van der Waals surface area contributed by atoms with Gasteiger partial charge < -0.3 is 10.6 Å². The zero-order valence-corrected chi connectivity index (χ0v) is 10.4. The Bertz CT molecular complexity index is 393. The monoisotopic (exact) mass is 238 g/mol. The van der Waals surface area contributed by atoms with Crippen molar-refractivity contribution in [2.75, 3.05) is 19.3 Å². The van der Waals surface area contributed by atoms with E-state index >= 15 is 0 Å². The van der Waals surface area contributed by atoms with Crippen molar-refractivity contribution in [2.45, 2.75) is 26.2 Å². The van der Waals surface area contributed by atoms with Gasteiger partial charge in [0.25, 0.3) is 5.91 Å². The fourth-order valence-electron chi connectivity index (χ4n) is 1.63. The number of amides is 1. The van der Waals surface area contributed by atoms with Crippen LogP contribution in [0.1, 0.15) is 36.5 Å². The van der Waals surface area contributed by atoms with Crippen LogP contribution >= 0.6 is 0 Å². The van der Waals surface area contributed by atoms with Gasteiger partial charge in [0, 0.05) is 19.3 Å². The first-order valence-electron chi connectivity index (χ1n) is 5.86. The number of rotatable bonds is 5. The topological polar surface area (TPSA) is 46.3 Å². The Labute approximate surface area is 101 Å². The number of nitrogens with two attached hydrogens (primary N) is 1. The Morgan fingerprint density at radius 2 is 2.12 bits per heavy atom. The van der Waals surface area contributed by atoms with Gasteiger partial charge in [-0.15, -0.1) is 0 Å². The van der Waals surface area contributed by atoms with E-state index in [0.717, 1.165) is 19.3 Å². The molecule has 17 heavy (non-hydrogen) atoms. The summed E-state index contributed by atoms with van der Waals surface area (Å²) in [5.74, 6) is -0.578. The molecule has 0 aliphatic carbocycles. The summed E-state index contributed by atoms with van der Waals surface area (Å²) in [5.41, 5.74) is 6.19. The molecule has 0 aromatic heterocycles. The Morgan fingerprint density at radius 3 is 2.71 bits per heavy atom. The van der Waals surface area contributed by atoms with Crippen molar-refractivity contribution in [3.8, 4) is 0 Å². The van der Waals surface area contributed by atoms with Gasteiger partial charge in [-0.1, -0.05) is 19.8 Å². The molecule has 0 bridgehead atoms. The lowest BCUT2D eigenvalue weighted by Crippen LogP contribution is -2.28. The number of hydrogen-bond donors (Lipinski definition) is 1. The number of unbranched alkanes of at least 4 members (excludes halogenated alkanes) is 2. The number of carbonyl (C=O) groups is 1. The molecule has 0 saturated carbocycles. The summed E-state index contributed by atoms with van der Waals surface area (Å²) in [6, 6.07) is 3.86. The van der Waals surface area contributed by atoms with Gasteiger partial charge in [-0.3, -0.25) is 4.79 Å². The molecule has 1 rings (SSSR count). The second kappa shape index (κ2) is 6.23. The van der Waals surface area contributed by atoms with E-state index in [4.69, 9.17) is 5.73 Å². The number of anilines is 1. The van der Waals surface area contributed by atoms with Crippen LogP contribution in [0.5, 0.6) is 0 Å². The smallest absolute Gasteiger partial charge is 0.255 e. The second-order valence-electron chi connectivity index (χ2n) is 4.17. The van der Waals surface area contributed by atoms with Crippen molar-refractivity contribution in [2.24, 2.45) is 0 Å². The Hall–Kier alpha value is -1.58. The molecule has 0 radical (unpaired) electrons. The van der Waals surface area contributed by atoms with Crippen LogP contribution in [0, 0.1) is 5.82 Å². The summed E-state index contributed by atoms with van der Waals surface area (Å²) in [6.45, 7) is 2.81. The van der Waals surface area contributed by atoms with Crippen LogP contribution in [-0.4, -0.2) is 24.4 Å². The SMILES string of the molecule is CCCCCN(C)C(=O)c1ccc(F)cc1N. The maximum atomic E-state index is 12.9. The highest BCUT2D eigenvalue weighted by atomic mass is 19.1. The van der Waals surface area contributed by atoms with E-state index in [9.17, 15) is 9.18 Å². The van der Waals surface area contributed by atoms with Crippen molar-refractivity contribution < 1.29 is 9.18 Å². The van der Waals surface area contributed by atoms with Gasteiger partial charge in [-0.25, -0.2) is 4.39 Å². The van der Waals surface area contributed by atoms with Crippen molar-refractivity contribution in [3.63, 3.8) is 0 Å². The number of benzene rings is 1. The predicted octanol–water partition coefficient (Wildman–Crippen LogP) is 2.67. The molecule has 0 fully saturated rings. The number of halogens is 1. The fraction of sp³-hybridized carbons (Fsp3) is 0.462. The van der Waals surface area contributed by atoms with Crippen molar-refractivity contribution in [1.82, 2.24) is 4.90 Å². The average molecular weight is 238 g/mol. The van der Waals surface area contributed by atoms with Crippen molar-refractivity contribution >= 4 is 11.6 Å². The lowest BCUT2D eigenvalue weighted by molar-refractivity contribution is 0.0793. The summed E-state index contributed by atoms with van der Waals surface area (Å²) in [6.07, 6.45) is 3.18. The molecule has 3 nitrogen and oxygen atoms in total. The molecule has 94 valence electrons. The molecule has 4 heteroatoms. The minimum atomic E-state index is -0.423. The first kappa shape index (κ1) is 13.5. The molecule has 1 aromatic carbocycles. The van der Waals surface area contributed by atoms with Gasteiger partial charge in [0.1, 0.15) is 5.82 Å². The number of hydrogen-bond acceptors (Lipinski definition) is 2. The normalized spacial score (nSPS) is 10.3. The fourth-order valence-corrected chi connectivity index (χ4v) is 1.63. The van der Waals surface area contributed by atoms with Crippen molar-refractivity contribution in [1.29, 1.82) is 0 Å². The minimum absolute atomic E-state index is 0.154. The summed E-state index contributed by atoms with van der Waals surface area (Å²) < 4.78 is 12.9. The maximum Gasteiger partial charge on any atom is 0.255 e. The molecule has 0 unspecified atom stereocenters. The Balaban J connectivity index is 2.68.